The molecule has 0 aromatic heterocycles. The summed E-state index contributed by atoms with van der Waals surface area (Å²) in [4.78, 5) is 0. The van der Waals surface area contributed by atoms with Gasteiger partial charge in [-0.15, -0.1) is 0 Å². The topological polar surface area (TPSA) is 38.0 Å². The predicted octanol–water partition coefficient (Wildman–Crippen LogP) is 4.46. The van der Waals surface area contributed by atoms with Gasteiger partial charge in [-0.3, -0.25) is 11.3 Å². The third kappa shape index (κ3) is 3.37. The summed E-state index contributed by atoms with van der Waals surface area (Å²) in [5, 5.41) is 0. The van der Waals surface area contributed by atoms with Gasteiger partial charge >= 0.3 is 0 Å². The van der Waals surface area contributed by atoms with E-state index in [1.54, 1.807) is 0 Å². The largest absolute Gasteiger partial charge is 0.271 e. The van der Waals surface area contributed by atoms with Gasteiger partial charge in [-0.1, -0.05) is 58.7 Å². The first-order chi connectivity index (χ1) is 10.3. The molecule has 0 heterocycles. The van der Waals surface area contributed by atoms with Crippen LogP contribution < -0.4 is 11.3 Å². The van der Waals surface area contributed by atoms with Gasteiger partial charge in [0.1, 0.15) is 0 Å². The molecule has 110 valence electrons. The normalized spacial score (nSPS) is 16.5. The molecule has 0 saturated heterocycles. The summed E-state index contributed by atoms with van der Waals surface area (Å²) in [5.41, 5.74) is 7.13. The fourth-order valence-electron chi connectivity index (χ4n) is 3.08. The Morgan fingerprint density at radius 3 is 2.62 bits per heavy atom. The average molecular weight is 345 g/mol. The highest BCUT2D eigenvalue weighted by Gasteiger charge is 2.24. The molecule has 1 unspecified atom stereocenters. The third-order valence-electron chi connectivity index (χ3n) is 4.45. The smallest absolute Gasteiger partial charge is 0.0503 e. The molecular formula is C18H21BrN2. The van der Waals surface area contributed by atoms with E-state index < -0.39 is 0 Å². The molecule has 0 spiro atoms. The van der Waals surface area contributed by atoms with E-state index in [0.29, 0.717) is 0 Å². The van der Waals surface area contributed by atoms with Gasteiger partial charge in [0.15, 0.2) is 0 Å². The Kier molecular flexibility index (Phi) is 4.73. The molecule has 1 aliphatic carbocycles. The van der Waals surface area contributed by atoms with Crippen LogP contribution in [0.5, 0.6) is 0 Å². The number of nitrogens with one attached hydrogen (secondary N) is 1. The minimum Gasteiger partial charge on any atom is -0.271 e. The van der Waals surface area contributed by atoms with E-state index in [1.807, 2.05) is 0 Å². The zero-order chi connectivity index (χ0) is 14.7. The molecule has 0 amide bonds. The van der Waals surface area contributed by atoms with Crippen molar-refractivity contribution in [2.24, 2.45) is 5.84 Å². The van der Waals surface area contributed by atoms with E-state index in [1.165, 1.54) is 36.0 Å². The van der Waals surface area contributed by atoms with Crippen LogP contribution in [0.4, 0.5) is 0 Å². The molecule has 3 N–H and O–H groups in total. The van der Waals surface area contributed by atoms with Crippen molar-refractivity contribution in [3.05, 3.63) is 69.7 Å². The van der Waals surface area contributed by atoms with Gasteiger partial charge in [0.2, 0.25) is 0 Å². The van der Waals surface area contributed by atoms with E-state index in [9.17, 15) is 0 Å². The number of hydrogen-bond donors (Lipinski definition) is 2. The van der Waals surface area contributed by atoms with Gasteiger partial charge in [-0.25, -0.2) is 0 Å². The van der Waals surface area contributed by atoms with Crippen LogP contribution in [0.3, 0.4) is 0 Å². The predicted molar refractivity (Wildman–Crippen MR) is 90.9 cm³/mol. The molecule has 2 aromatic rings. The van der Waals surface area contributed by atoms with Crippen molar-refractivity contribution in [1.82, 2.24) is 5.43 Å². The average Bonchev–Trinajstić information content (AvgIpc) is 2.44. The maximum absolute atomic E-state index is 5.86. The van der Waals surface area contributed by atoms with E-state index in [4.69, 9.17) is 5.84 Å². The Hall–Kier alpha value is -1.16. The fourth-order valence-corrected chi connectivity index (χ4v) is 3.52. The number of nitrogens with two attached hydrogens (primary N) is 1. The first-order valence-corrected chi connectivity index (χ1v) is 8.36. The van der Waals surface area contributed by atoms with E-state index in [-0.39, 0.29) is 6.04 Å². The standard InChI is InChI=1S/C18H21BrN2/c19-15-8-3-5-13(11-15)12-18(21-20)17-10-2-1-9-16(17)14-6-4-7-14/h1-3,5,8-11,14,18,21H,4,6-7,12,20H2. The molecule has 2 aromatic carbocycles. The van der Waals surface area contributed by atoms with Crippen molar-refractivity contribution in [1.29, 1.82) is 0 Å². The highest BCUT2D eigenvalue weighted by molar-refractivity contribution is 9.10. The van der Waals surface area contributed by atoms with Crippen LogP contribution in [0.25, 0.3) is 0 Å². The maximum Gasteiger partial charge on any atom is 0.0503 e. The second-order valence-electron chi connectivity index (χ2n) is 5.81. The van der Waals surface area contributed by atoms with Crippen LogP contribution in [0, 0.1) is 0 Å². The Morgan fingerprint density at radius 2 is 1.95 bits per heavy atom. The molecule has 0 aliphatic heterocycles. The monoisotopic (exact) mass is 344 g/mol. The molecule has 2 nitrogen and oxygen atoms in total. The lowest BCUT2D eigenvalue weighted by atomic mass is 9.76. The van der Waals surface area contributed by atoms with E-state index in [2.05, 4.69) is 69.9 Å². The Morgan fingerprint density at radius 1 is 1.14 bits per heavy atom. The van der Waals surface area contributed by atoms with Crippen molar-refractivity contribution in [3.63, 3.8) is 0 Å². The summed E-state index contributed by atoms with van der Waals surface area (Å²) >= 11 is 3.54. The molecule has 21 heavy (non-hydrogen) atoms. The van der Waals surface area contributed by atoms with E-state index in [0.717, 1.165) is 16.8 Å². The molecule has 1 atom stereocenters. The van der Waals surface area contributed by atoms with Gasteiger partial charge in [0.05, 0.1) is 6.04 Å². The number of halogens is 1. The third-order valence-corrected chi connectivity index (χ3v) is 4.94. The van der Waals surface area contributed by atoms with Crippen molar-refractivity contribution in [2.45, 2.75) is 37.6 Å². The highest BCUT2D eigenvalue weighted by Crippen LogP contribution is 2.39. The van der Waals surface area contributed by atoms with Crippen molar-refractivity contribution < 1.29 is 0 Å². The molecule has 0 radical (unpaired) electrons. The Bertz CT molecular complexity index is 608. The van der Waals surface area contributed by atoms with Crippen LogP contribution >= 0.6 is 15.9 Å². The molecule has 3 rings (SSSR count). The molecule has 3 heteroatoms. The Balaban J connectivity index is 1.86. The van der Waals surface area contributed by atoms with Crippen LogP contribution in [-0.2, 0) is 6.42 Å². The van der Waals surface area contributed by atoms with Gasteiger partial charge in [0.25, 0.3) is 0 Å². The zero-order valence-electron chi connectivity index (χ0n) is 12.1. The molecule has 1 saturated carbocycles. The van der Waals surface area contributed by atoms with Crippen LogP contribution in [-0.4, -0.2) is 0 Å². The molecule has 0 bridgehead atoms. The SMILES string of the molecule is NNC(Cc1cccc(Br)c1)c1ccccc1C1CCC1. The van der Waals surface area contributed by atoms with Crippen molar-refractivity contribution in [2.75, 3.05) is 0 Å². The minimum absolute atomic E-state index is 0.163. The van der Waals surface area contributed by atoms with E-state index >= 15 is 0 Å². The van der Waals surface area contributed by atoms with Gasteiger partial charge in [0, 0.05) is 4.47 Å². The summed E-state index contributed by atoms with van der Waals surface area (Å²) < 4.78 is 1.11. The Labute approximate surface area is 134 Å². The second kappa shape index (κ2) is 6.73. The molecule has 1 fully saturated rings. The summed E-state index contributed by atoms with van der Waals surface area (Å²) in [6, 6.07) is 17.3. The van der Waals surface area contributed by atoms with Gasteiger partial charge in [-0.2, -0.15) is 0 Å². The lowest BCUT2D eigenvalue weighted by Crippen LogP contribution is -2.31. The minimum atomic E-state index is 0.163. The number of rotatable bonds is 5. The summed E-state index contributed by atoms with van der Waals surface area (Å²) in [5.74, 6) is 6.58. The second-order valence-corrected chi connectivity index (χ2v) is 6.73. The number of benzene rings is 2. The first-order valence-electron chi connectivity index (χ1n) is 7.57. The van der Waals surface area contributed by atoms with Crippen LogP contribution in [0.15, 0.2) is 53.0 Å². The molecular weight excluding hydrogens is 324 g/mol. The summed E-state index contributed by atoms with van der Waals surface area (Å²) in [6.07, 6.45) is 4.88. The highest BCUT2D eigenvalue weighted by atomic mass is 79.9. The van der Waals surface area contributed by atoms with Crippen molar-refractivity contribution in [3.8, 4) is 0 Å². The lowest BCUT2D eigenvalue weighted by molar-refractivity contribution is 0.411. The zero-order valence-corrected chi connectivity index (χ0v) is 13.6. The van der Waals surface area contributed by atoms with Crippen molar-refractivity contribution >= 4 is 15.9 Å². The van der Waals surface area contributed by atoms with Gasteiger partial charge < -0.3 is 0 Å². The van der Waals surface area contributed by atoms with Crippen LogP contribution in [0.1, 0.15) is 47.9 Å². The number of hydrogen-bond acceptors (Lipinski definition) is 2. The molecule has 1 aliphatic rings. The first kappa shape index (κ1) is 14.8. The quantitative estimate of drug-likeness (QED) is 0.620. The van der Waals surface area contributed by atoms with Gasteiger partial charge in [-0.05, 0) is 54.0 Å². The maximum atomic E-state index is 5.86. The summed E-state index contributed by atoms with van der Waals surface area (Å²) in [6.45, 7) is 0. The van der Waals surface area contributed by atoms with Crippen LogP contribution in [0.2, 0.25) is 0 Å². The fraction of sp³-hybridized carbons (Fsp3) is 0.333. The number of hydrazine groups is 1. The summed E-state index contributed by atoms with van der Waals surface area (Å²) in [7, 11) is 0. The lowest BCUT2D eigenvalue weighted by Gasteiger charge is -2.30.